The number of pyridine rings is 1. The van der Waals surface area contributed by atoms with Gasteiger partial charge in [0.1, 0.15) is 11.3 Å². The van der Waals surface area contributed by atoms with Crippen molar-refractivity contribution in [1.82, 2.24) is 19.4 Å². The molecule has 0 radical (unpaired) electrons. The molecule has 0 spiro atoms. The second-order valence-electron chi connectivity index (χ2n) is 6.41. The number of fused-ring (bicyclic) bond motifs is 1. The summed E-state index contributed by atoms with van der Waals surface area (Å²) in [7, 11) is 0. The third-order valence-corrected chi connectivity index (χ3v) is 5.06. The zero-order valence-corrected chi connectivity index (χ0v) is 14.6. The first-order chi connectivity index (χ1) is 11.7. The summed E-state index contributed by atoms with van der Waals surface area (Å²) in [5.74, 6) is 1.66. The smallest absolute Gasteiger partial charge is 0.159 e. The first-order valence-corrected chi connectivity index (χ1v) is 8.90. The third-order valence-electron chi connectivity index (χ3n) is 4.81. The van der Waals surface area contributed by atoms with Crippen molar-refractivity contribution in [2.45, 2.75) is 32.4 Å². The largest absolute Gasteiger partial charge is 0.313 e. The molecule has 0 amide bonds. The van der Waals surface area contributed by atoms with E-state index in [4.69, 9.17) is 16.6 Å². The van der Waals surface area contributed by atoms with Gasteiger partial charge in [0.15, 0.2) is 5.65 Å². The molecule has 1 saturated heterocycles. The van der Waals surface area contributed by atoms with E-state index in [1.807, 2.05) is 24.4 Å². The fourth-order valence-corrected chi connectivity index (χ4v) is 3.76. The topological polar surface area (TPSA) is 34.0 Å². The van der Waals surface area contributed by atoms with Gasteiger partial charge in [0, 0.05) is 36.8 Å². The maximum absolute atomic E-state index is 5.97. The molecule has 0 saturated carbocycles. The Labute approximate surface area is 147 Å². The van der Waals surface area contributed by atoms with Crippen molar-refractivity contribution in [3.05, 3.63) is 59.0 Å². The second kappa shape index (κ2) is 6.54. The lowest BCUT2D eigenvalue weighted by molar-refractivity contribution is 0.325. The van der Waals surface area contributed by atoms with Gasteiger partial charge in [-0.3, -0.25) is 4.90 Å². The van der Waals surface area contributed by atoms with Crippen molar-refractivity contribution >= 4 is 22.8 Å². The molecule has 1 aliphatic heterocycles. The molecule has 0 bridgehead atoms. The third kappa shape index (κ3) is 2.92. The van der Waals surface area contributed by atoms with Gasteiger partial charge in [0.25, 0.3) is 0 Å². The van der Waals surface area contributed by atoms with Gasteiger partial charge in [-0.15, -0.1) is 0 Å². The maximum atomic E-state index is 5.97. The quantitative estimate of drug-likeness (QED) is 0.717. The summed E-state index contributed by atoms with van der Waals surface area (Å²) in [4.78, 5) is 11.9. The van der Waals surface area contributed by atoms with E-state index in [1.165, 1.54) is 11.4 Å². The zero-order chi connectivity index (χ0) is 16.5. The Hall–Kier alpha value is -1.91. The fraction of sp³-hybridized carbons (Fsp3) is 0.368. The molecule has 24 heavy (non-hydrogen) atoms. The summed E-state index contributed by atoms with van der Waals surface area (Å²) in [5, 5.41) is 0.794. The van der Waals surface area contributed by atoms with Crippen molar-refractivity contribution in [3.63, 3.8) is 0 Å². The van der Waals surface area contributed by atoms with Crippen LogP contribution in [0.3, 0.4) is 0 Å². The van der Waals surface area contributed by atoms with E-state index < -0.39 is 0 Å². The molecule has 3 aromatic rings. The predicted octanol–water partition coefficient (Wildman–Crippen LogP) is 4.09. The van der Waals surface area contributed by atoms with E-state index >= 15 is 0 Å². The van der Waals surface area contributed by atoms with Crippen LogP contribution in [0.1, 0.15) is 30.7 Å². The Morgan fingerprint density at radius 2 is 2.04 bits per heavy atom. The summed E-state index contributed by atoms with van der Waals surface area (Å²) in [5.41, 5.74) is 3.32. The molecule has 0 N–H and O–H groups in total. The van der Waals surface area contributed by atoms with Crippen LogP contribution in [-0.4, -0.2) is 32.5 Å². The summed E-state index contributed by atoms with van der Waals surface area (Å²) < 4.78 is 2.27. The number of nitrogens with zero attached hydrogens (tertiary/aromatic N) is 4. The number of benzene rings is 1. The van der Waals surface area contributed by atoms with Crippen molar-refractivity contribution in [1.29, 1.82) is 0 Å². The van der Waals surface area contributed by atoms with Gasteiger partial charge >= 0.3 is 0 Å². The van der Waals surface area contributed by atoms with Crippen LogP contribution in [0.5, 0.6) is 0 Å². The Kier molecular flexibility index (Phi) is 4.25. The summed E-state index contributed by atoms with van der Waals surface area (Å²) >= 11 is 5.97. The molecule has 1 aromatic carbocycles. The van der Waals surface area contributed by atoms with Gasteiger partial charge < -0.3 is 4.57 Å². The Balaban J connectivity index is 1.53. The molecule has 4 rings (SSSR count). The molecule has 0 unspecified atom stereocenters. The Bertz CT molecular complexity index is 840. The number of hydrogen-bond donors (Lipinski definition) is 0. The highest BCUT2D eigenvalue weighted by Crippen LogP contribution is 2.29. The van der Waals surface area contributed by atoms with Crippen LogP contribution in [0.25, 0.3) is 11.2 Å². The lowest BCUT2D eigenvalue weighted by Gasteiger charge is -2.16. The second-order valence-corrected chi connectivity index (χ2v) is 6.84. The highest BCUT2D eigenvalue weighted by Gasteiger charge is 2.28. The Morgan fingerprint density at radius 3 is 2.83 bits per heavy atom. The Morgan fingerprint density at radius 1 is 1.21 bits per heavy atom. The normalized spacial score (nSPS) is 18.5. The number of imidazole rings is 1. The standard InChI is InChI=1S/C19H21ClN4/c1-2-24-18(22-17-4-3-10-21-19(17)24)15-9-11-23(13-15)12-14-5-7-16(20)8-6-14/h3-8,10,15H,2,9,11-13H2,1H3/t15-/m0/s1. The van der Waals surface area contributed by atoms with Crippen LogP contribution in [0.4, 0.5) is 0 Å². The first kappa shape index (κ1) is 15.6. The minimum Gasteiger partial charge on any atom is -0.313 e. The highest BCUT2D eigenvalue weighted by atomic mass is 35.5. The van der Waals surface area contributed by atoms with Crippen LogP contribution in [0.15, 0.2) is 42.6 Å². The van der Waals surface area contributed by atoms with Gasteiger partial charge in [-0.2, -0.15) is 0 Å². The van der Waals surface area contributed by atoms with E-state index in [1.54, 1.807) is 0 Å². The number of halogens is 1. The van der Waals surface area contributed by atoms with Gasteiger partial charge in [-0.1, -0.05) is 23.7 Å². The maximum Gasteiger partial charge on any atom is 0.159 e. The van der Waals surface area contributed by atoms with Gasteiger partial charge in [0.05, 0.1) is 0 Å². The molecule has 3 heterocycles. The molecule has 5 heteroatoms. The fourth-order valence-electron chi connectivity index (χ4n) is 3.63. The van der Waals surface area contributed by atoms with Gasteiger partial charge in [-0.05, 0) is 49.7 Å². The molecule has 2 aromatic heterocycles. The molecule has 0 aliphatic carbocycles. The molecule has 4 nitrogen and oxygen atoms in total. The van der Waals surface area contributed by atoms with Gasteiger partial charge in [0.2, 0.25) is 0 Å². The lowest BCUT2D eigenvalue weighted by atomic mass is 10.1. The summed E-state index contributed by atoms with van der Waals surface area (Å²) in [6, 6.07) is 12.2. The van der Waals surface area contributed by atoms with Crippen molar-refractivity contribution in [3.8, 4) is 0 Å². The number of rotatable bonds is 4. The SMILES string of the molecule is CCn1c([C@H]2CCN(Cc3ccc(Cl)cc3)C2)nc2cccnc21. The van der Waals surface area contributed by atoms with Crippen molar-refractivity contribution in [2.75, 3.05) is 13.1 Å². The van der Waals surface area contributed by atoms with Crippen molar-refractivity contribution in [2.24, 2.45) is 0 Å². The molecule has 1 fully saturated rings. The van der Waals surface area contributed by atoms with Crippen LogP contribution in [0.2, 0.25) is 5.02 Å². The minimum atomic E-state index is 0.478. The lowest BCUT2D eigenvalue weighted by Crippen LogP contribution is -2.20. The molecular formula is C19H21ClN4. The number of aryl methyl sites for hydroxylation is 1. The van der Waals surface area contributed by atoms with E-state index in [0.717, 1.165) is 48.8 Å². The van der Waals surface area contributed by atoms with Crippen LogP contribution < -0.4 is 0 Å². The number of aromatic nitrogens is 3. The zero-order valence-electron chi connectivity index (χ0n) is 13.8. The number of hydrogen-bond acceptors (Lipinski definition) is 3. The molecule has 124 valence electrons. The van der Waals surface area contributed by atoms with Crippen LogP contribution >= 0.6 is 11.6 Å². The first-order valence-electron chi connectivity index (χ1n) is 8.52. The summed E-state index contributed by atoms with van der Waals surface area (Å²) in [6.07, 6.45) is 3.00. The van der Waals surface area contributed by atoms with E-state index in [2.05, 4.69) is 39.6 Å². The summed E-state index contributed by atoms with van der Waals surface area (Å²) in [6.45, 7) is 6.20. The van der Waals surface area contributed by atoms with E-state index in [0.29, 0.717) is 5.92 Å². The molecular weight excluding hydrogens is 320 g/mol. The average molecular weight is 341 g/mol. The van der Waals surface area contributed by atoms with Crippen molar-refractivity contribution < 1.29 is 0 Å². The minimum absolute atomic E-state index is 0.478. The van der Waals surface area contributed by atoms with Crippen LogP contribution in [-0.2, 0) is 13.1 Å². The van der Waals surface area contributed by atoms with E-state index in [-0.39, 0.29) is 0 Å². The molecule has 1 atom stereocenters. The average Bonchev–Trinajstić information content (AvgIpc) is 3.20. The monoisotopic (exact) mass is 340 g/mol. The highest BCUT2D eigenvalue weighted by molar-refractivity contribution is 6.30. The van der Waals surface area contributed by atoms with Crippen LogP contribution in [0, 0.1) is 0 Å². The van der Waals surface area contributed by atoms with Gasteiger partial charge in [-0.25, -0.2) is 9.97 Å². The predicted molar refractivity (Wildman–Crippen MR) is 97.3 cm³/mol. The molecule has 1 aliphatic rings. The van der Waals surface area contributed by atoms with E-state index in [9.17, 15) is 0 Å². The number of likely N-dealkylation sites (tertiary alicyclic amines) is 1.